The second kappa shape index (κ2) is 9.47. The van der Waals surface area contributed by atoms with Gasteiger partial charge in [0.25, 0.3) is 11.5 Å². The zero-order valence-corrected chi connectivity index (χ0v) is 24.5. The Morgan fingerprint density at radius 2 is 1.80 bits per heavy atom. The molecule has 0 unspecified atom stereocenters. The molecule has 2 N–H and O–H groups in total. The number of carbonyl (C=O) groups is 1. The number of anilines is 1. The fraction of sp³-hybridized carbons (Fsp3) is 0.355. The van der Waals surface area contributed by atoms with Crippen LogP contribution < -0.4 is 20.4 Å². The molecular weight excluding hydrogens is 522 g/mol. The predicted molar refractivity (Wildman–Crippen MR) is 159 cm³/mol. The third kappa shape index (κ3) is 3.64. The van der Waals surface area contributed by atoms with Gasteiger partial charge in [0.2, 0.25) is 0 Å². The summed E-state index contributed by atoms with van der Waals surface area (Å²) in [7, 11) is 1.19. The van der Waals surface area contributed by atoms with E-state index in [1.54, 1.807) is 25.1 Å². The highest BCUT2D eigenvalue weighted by Crippen LogP contribution is 2.59. The smallest absolute Gasteiger partial charge is 0.279 e. The lowest BCUT2D eigenvalue weighted by molar-refractivity contribution is -0.145. The van der Waals surface area contributed by atoms with Crippen molar-refractivity contribution in [1.82, 2.24) is 9.78 Å². The Balaban J connectivity index is 1.49. The molecule has 8 nitrogen and oxygen atoms in total. The van der Waals surface area contributed by atoms with Gasteiger partial charge in [-0.15, -0.1) is 0 Å². The molecule has 6 rings (SSSR count). The summed E-state index contributed by atoms with van der Waals surface area (Å²) in [6.07, 6.45) is 0.142. The predicted octanol–water partition coefficient (Wildman–Crippen LogP) is 3.90. The van der Waals surface area contributed by atoms with Crippen LogP contribution in [0.1, 0.15) is 18.9 Å². The molecule has 1 fully saturated rings. The number of rotatable bonds is 6. The molecule has 0 saturated carbocycles. The first-order valence-electron chi connectivity index (χ1n) is 13.7. The van der Waals surface area contributed by atoms with E-state index in [0.29, 0.717) is 17.5 Å². The molecule has 2 aliphatic rings. The Labute approximate surface area is 234 Å². The summed E-state index contributed by atoms with van der Waals surface area (Å²) in [4.78, 5) is 29.1. The number of likely N-dealkylation sites (N-methyl/N-ethyl adjacent to an activating group) is 1. The van der Waals surface area contributed by atoms with Crippen LogP contribution in [0.25, 0.3) is 16.6 Å². The van der Waals surface area contributed by atoms with E-state index >= 15 is 0 Å². The van der Waals surface area contributed by atoms with Crippen LogP contribution in [-0.2, 0) is 15.1 Å². The van der Waals surface area contributed by atoms with Crippen LogP contribution in [0.15, 0.2) is 71.5 Å². The van der Waals surface area contributed by atoms with E-state index in [9.17, 15) is 14.7 Å². The van der Waals surface area contributed by atoms with Crippen molar-refractivity contribution in [2.45, 2.75) is 43.7 Å². The minimum Gasteiger partial charge on any atom is -0.497 e. The Kier molecular flexibility index (Phi) is 6.29. The summed E-state index contributed by atoms with van der Waals surface area (Å²) in [5.74, 6) is 0.522. The van der Waals surface area contributed by atoms with Crippen molar-refractivity contribution in [2.24, 2.45) is 5.92 Å². The van der Waals surface area contributed by atoms with Crippen molar-refractivity contribution in [3.63, 3.8) is 0 Å². The summed E-state index contributed by atoms with van der Waals surface area (Å²) < 4.78 is 13.8. The quantitative estimate of drug-likeness (QED) is 0.351. The monoisotopic (exact) mass is 557 g/mol. The number of methoxy groups -OCH3 is 1. The summed E-state index contributed by atoms with van der Waals surface area (Å²) in [5.41, 5.74) is 1.63. The number of hydrogen-bond acceptors (Lipinski definition) is 5. The Hall–Kier alpha value is -3.66. The van der Waals surface area contributed by atoms with E-state index in [0.717, 1.165) is 22.5 Å². The molecule has 1 aromatic heterocycles. The van der Waals surface area contributed by atoms with Gasteiger partial charge in [0.1, 0.15) is 5.75 Å². The van der Waals surface area contributed by atoms with Gasteiger partial charge in [-0.3, -0.25) is 14.7 Å². The number of hydrogen-bond donors (Lipinski definition) is 2. The van der Waals surface area contributed by atoms with Gasteiger partial charge in [-0.2, -0.15) is 0 Å². The Bertz CT molecular complexity index is 1660. The van der Waals surface area contributed by atoms with Crippen LogP contribution in [0.5, 0.6) is 5.75 Å². The van der Waals surface area contributed by atoms with Crippen LogP contribution >= 0.6 is 0 Å². The number of nitrogens with one attached hydrogen (secondary N) is 1. The van der Waals surface area contributed by atoms with E-state index in [2.05, 4.69) is 37.2 Å². The third-order valence-electron chi connectivity index (χ3n) is 9.21. The summed E-state index contributed by atoms with van der Waals surface area (Å²) >= 11 is 0. The van der Waals surface area contributed by atoms with E-state index in [1.165, 1.54) is 9.87 Å². The van der Waals surface area contributed by atoms with Crippen LogP contribution in [0.3, 0.4) is 0 Å². The summed E-state index contributed by atoms with van der Waals surface area (Å²) in [6.45, 7) is 6.71. The van der Waals surface area contributed by atoms with Gasteiger partial charge in [0, 0.05) is 25.1 Å². The summed E-state index contributed by atoms with van der Waals surface area (Å²) in [6, 6.07) is 21.3. The van der Waals surface area contributed by atoms with Crippen LogP contribution in [-0.4, -0.2) is 55.7 Å². The van der Waals surface area contributed by atoms with Gasteiger partial charge in [0.15, 0.2) is 5.60 Å². The molecule has 0 bridgehead atoms. The van der Waals surface area contributed by atoms with Gasteiger partial charge >= 0.3 is 0 Å². The molecule has 4 atom stereocenters. The number of carbonyl (C=O) groups excluding carboxylic acids is 1. The minimum atomic E-state index is -2.24. The molecule has 3 aromatic carbocycles. The molecule has 3 heterocycles. The molecule has 208 valence electrons. The number of amides is 1. The van der Waals surface area contributed by atoms with Gasteiger partial charge in [-0.1, -0.05) is 49.5 Å². The third-order valence-corrected chi connectivity index (χ3v) is 13.6. The fourth-order valence-corrected chi connectivity index (χ4v) is 11.2. The zero-order valence-electron chi connectivity index (χ0n) is 23.5. The molecule has 40 heavy (non-hydrogen) atoms. The lowest BCUT2D eigenvalue weighted by Gasteiger charge is -2.37. The number of fused-ring (bicyclic) bond motifs is 3. The second-order valence-electron chi connectivity index (χ2n) is 11.5. The molecule has 1 spiro atoms. The van der Waals surface area contributed by atoms with Crippen molar-refractivity contribution < 1.29 is 19.4 Å². The largest absolute Gasteiger partial charge is 0.497 e. The Morgan fingerprint density at radius 3 is 2.48 bits per heavy atom. The van der Waals surface area contributed by atoms with Crippen LogP contribution in [0.4, 0.5) is 5.69 Å². The van der Waals surface area contributed by atoms with E-state index in [4.69, 9.17) is 9.47 Å². The highest BCUT2D eigenvalue weighted by atomic mass is 28.3. The first-order chi connectivity index (χ1) is 19.1. The number of nitrogens with zero attached hydrogens (tertiary/aromatic N) is 2. The zero-order chi connectivity index (χ0) is 28.4. The molecule has 4 aromatic rings. The fourth-order valence-electron chi connectivity index (χ4n) is 7.18. The number of benzene rings is 3. The highest BCUT2D eigenvalue weighted by molar-refractivity contribution is 6.91. The van der Waals surface area contributed by atoms with Crippen LogP contribution in [0.2, 0.25) is 18.6 Å². The van der Waals surface area contributed by atoms with E-state index in [-0.39, 0.29) is 35.6 Å². The molecule has 9 heteroatoms. The van der Waals surface area contributed by atoms with E-state index in [1.807, 2.05) is 48.5 Å². The van der Waals surface area contributed by atoms with Crippen molar-refractivity contribution >= 4 is 35.8 Å². The maximum atomic E-state index is 14.2. The van der Waals surface area contributed by atoms with Crippen molar-refractivity contribution in [2.75, 3.05) is 25.7 Å². The first kappa shape index (κ1) is 26.6. The van der Waals surface area contributed by atoms with Gasteiger partial charge in [-0.05, 0) is 54.4 Å². The topological polar surface area (TPSA) is 96.8 Å². The average Bonchev–Trinajstić information content (AvgIpc) is 3.53. The lowest BCUT2D eigenvalue weighted by atomic mass is 9.82. The molecule has 1 saturated heterocycles. The number of aromatic nitrogens is 2. The van der Waals surface area contributed by atoms with Crippen molar-refractivity contribution in [3.8, 4) is 11.4 Å². The Morgan fingerprint density at radius 1 is 1.07 bits per heavy atom. The first-order valence-corrected chi connectivity index (χ1v) is 16.8. The highest BCUT2D eigenvalue weighted by Gasteiger charge is 2.65. The lowest BCUT2D eigenvalue weighted by Crippen LogP contribution is -2.51. The van der Waals surface area contributed by atoms with Crippen LogP contribution in [0, 0.1) is 5.92 Å². The molecule has 1 amide bonds. The standard InChI is InChI=1S/C31H35N3O5Si/c1-19-28(40(4,5)22-13-11-21(38-3)12-14-22)27(16-17-35)39-31(19)24-18-20(10-15-26(24)33(2)30(31)37)34-29(36)23-8-6-7-9-25(23)32-34/h6-15,18-19,27-28,32,35H,16-17H2,1-5H3/t19-,27+,28-,31+/m1/s1. The molecule has 0 radical (unpaired) electrons. The molecule has 0 aliphatic carbocycles. The molecule has 2 aliphatic heterocycles. The van der Waals surface area contributed by atoms with E-state index < -0.39 is 13.7 Å². The number of aliphatic hydroxyl groups is 1. The normalized spacial score (nSPS) is 24.3. The summed E-state index contributed by atoms with van der Waals surface area (Å²) in [5, 5.41) is 15.1. The number of ether oxygens (including phenoxy) is 2. The number of H-pyrrole nitrogens is 1. The van der Waals surface area contributed by atoms with Gasteiger partial charge in [-0.25, -0.2) is 4.68 Å². The van der Waals surface area contributed by atoms with Crippen molar-refractivity contribution in [1.29, 1.82) is 0 Å². The average molecular weight is 558 g/mol. The molecular formula is C31H35N3O5Si. The maximum Gasteiger partial charge on any atom is 0.279 e. The number of aromatic amines is 1. The maximum absolute atomic E-state index is 14.2. The minimum absolute atomic E-state index is 0.0293. The van der Waals surface area contributed by atoms with Gasteiger partial charge in [0.05, 0.1) is 43.6 Å². The number of para-hydroxylation sites is 1. The number of aliphatic hydroxyl groups excluding tert-OH is 1. The van der Waals surface area contributed by atoms with Gasteiger partial charge < -0.3 is 19.5 Å². The second-order valence-corrected chi connectivity index (χ2v) is 16.2. The van der Waals surface area contributed by atoms with Crippen molar-refractivity contribution in [3.05, 3.63) is 82.6 Å². The SMILES string of the molecule is COc1ccc([Si](C)(C)[C@H]2[C@H](CCO)O[C@@]3(C(=O)N(C)c4ccc(-n5[nH]c6ccccc6c5=O)cc43)[C@@H]2C)cc1.